The molecule has 2 rings (SSSR count). The number of ether oxygens (including phenoxy) is 1. The monoisotopic (exact) mass is 393 g/mol. The Balaban J connectivity index is 1.95. The van der Waals surface area contributed by atoms with Crippen LogP contribution in [0.2, 0.25) is 0 Å². The Bertz CT molecular complexity index is 752. The molecule has 0 spiro atoms. The summed E-state index contributed by atoms with van der Waals surface area (Å²) in [6.07, 6.45) is 0.654. The Kier molecular flexibility index (Phi) is 6.14. The second-order valence-corrected chi connectivity index (χ2v) is 5.72. The lowest BCUT2D eigenvalue weighted by Gasteiger charge is -2.11. The molecule has 7 nitrogen and oxygen atoms in total. The number of methoxy groups -OCH3 is 1. The van der Waals surface area contributed by atoms with Crippen molar-refractivity contribution in [1.82, 2.24) is 5.32 Å². The molecule has 0 heterocycles. The van der Waals surface area contributed by atoms with Crippen LogP contribution in [0.3, 0.4) is 0 Å². The van der Waals surface area contributed by atoms with E-state index in [0.717, 1.165) is 10.0 Å². The van der Waals surface area contributed by atoms with E-state index < -0.39 is 11.0 Å². The highest BCUT2D eigenvalue weighted by atomic mass is 79.9. The molecule has 2 N–H and O–H groups in total. The van der Waals surface area contributed by atoms with Crippen LogP contribution in [0, 0.1) is 10.1 Å². The third-order valence-electron chi connectivity index (χ3n) is 3.28. The van der Waals surface area contributed by atoms with Gasteiger partial charge in [-0.3, -0.25) is 10.1 Å². The first-order chi connectivity index (χ1) is 11.5. The number of halogens is 1. The summed E-state index contributed by atoms with van der Waals surface area (Å²) >= 11 is 3.45. The number of nitrogens with zero attached hydrogens (tertiary/aromatic N) is 1. The van der Waals surface area contributed by atoms with Gasteiger partial charge in [-0.05, 0) is 24.1 Å². The molecule has 0 fully saturated rings. The largest absolute Gasteiger partial charge is 0.495 e. The number of non-ortho nitro benzene ring substituents is 1. The van der Waals surface area contributed by atoms with Crippen molar-refractivity contribution in [1.29, 1.82) is 0 Å². The van der Waals surface area contributed by atoms with Crippen LogP contribution >= 0.6 is 15.9 Å². The molecule has 0 atom stereocenters. The lowest BCUT2D eigenvalue weighted by molar-refractivity contribution is -0.384. The average Bonchev–Trinajstić information content (AvgIpc) is 2.56. The second kappa shape index (κ2) is 8.30. The number of rotatable bonds is 6. The lowest BCUT2D eigenvalue weighted by atomic mass is 10.1. The number of carbonyl (C=O) groups is 1. The number of carbonyl (C=O) groups excluding carboxylic acids is 1. The Morgan fingerprint density at radius 3 is 2.71 bits per heavy atom. The average molecular weight is 394 g/mol. The van der Waals surface area contributed by atoms with Crippen LogP contribution in [0.4, 0.5) is 16.2 Å². The van der Waals surface area contributed by atoms with E-state index >= 15 is 0 Å². The molecule has 8 heteroatoms. The molecule has 0 saturated heterocycles. The highest BCUT2D eigenvalue weighted by molar-refractivity contribution is 9.10. The Morgan fingerprint density at radius 2 is 2.04 bits per heavy atom. The molecule has 24 heavy (non-hydrogen) atoms. The number of anilines is 1. The van der Waals surface area contributed by atoms with Crippen LogP contribution < -0.4 is 15.4 Å². The van der Waals surface area contributed by atoms with Gasteiger partial charge in [-0.25, -0.2) is 4.79 Å². The summed E-state index contributed by atoms with van der Waals surface area (Å²) in [6.45, 7) is 0.422. The number of hydrogen-bond acceptors (Lipinski definition) is 4. The van der Waals surface area contributed by atoms with Gasteiger partial charge in [0.05, 0.1) is 17.7 Å². The number of nitrogens with one attached hydrogen (secondary N) is 2. The van der Waals surface area contributed by atoms with Gasteiger partial charge >= 0.3 is 6.03 Å². The third-order valence-corrected chi connectivity index (χ3v) is 4.05. The maximum absolute atomic E-state index is 12.0. The molecule has 126 valence electrons. The van der Waals surface area contributed by atoms with E-state index in [-0.39, 0.29) is 11.4 Å². The molecule has 0 aliphatic rings. The Hall–Kier alpha value is -2.61. The summed E-state index contributed by atoms with van der Waals surface area (Å²) < 4.78 is 6.08. The van der Waals surface area contributed by atoms with Crippen molar-refractivity contribution in [3.05, 3.63) is 62.6 Å². The minimum absolute atomic E-state index is 0.126. The molecule has 2 amide bonds. The number of nitro benzene ring substituents is 1. The van der Waals surface area contributed by atoms with E-state index in [1.807, 2.05) is 24.3 Å². The van der Waals surface area contributed by atoms with Crippen molar-refractivity contribution in [2.45, 2.75) is 6.42 Å². The number of nitro groups is 1. The smallest absolute Gasteiger partial charge is 0.319 e. The van der Waals surface area contributed by atoms with E-state index in [2.05, 4.69) is 26.6 Å². The summed E-state index contributed by atoms with van der Waals surface area (Å²) in [5.41, 5.74) is 1.19. The minimum atomic E-state index is -0.532. The van der Waals surface area contributed by atoms with Crippen molar-refractivity contribution in [2.24, 2.45) is 0 Å². The standard InChI is InChI=1S/C16H16BrN3O4/c1-24-15-7-6-12(20(22)23)10-14(15)19-16(21)18-9-8-11-4-2-3-5-13(11)17/h2-7,10H,8-9H2,1H3,(H2,18,19,21). The number of hydrogen-bond donors (Lipinski definition) is 2. The summed E-state index contributed by atoms with van der Waals surface area (Å²) in [5.74, 6) is 0.349. The van der Waals surface area contributed by atoms with E-state index in [0.29, 0.717) is 18.7 Å². The van der Waals surface area contributed by atoms with E-state index in [9.17, 15) is 14.9 Å². The number of benzene rings is 2. The zero-order valence-corrected chi connectivity index (χ0v) is 14.5. The summed E-state index contributed by atoms with van der Waals surface area (Å²) in [4.78, 5) is 22.3. The van der Waals surface area contributed by atoms with E-state index in [4.69, 9.17) is 4.74 Å². The fourth-order valence-corrected chi connectivity index (χ4v) is 2.57. The fraction of sp³-hybridized carbons (Fsp3) is 0.188. The van der Waals surface area contributed by atoms with Gasteiger partial charge < -0.3 is 15.4 Å². The Morgan fingerprint density at radius 1 is 1.29 bits per heavy atom. The van der Waals surface area contributed by atoms with Crippen molar-refractivity contribution in [3.63, 3.8) is 0 Å². The quantitative estimate of drug-likeness (QED) is 0.577. The van der Waals surface area contributed by atoms with Crippen LogP contribution in [0.1, 0.15) is 5.56 Å². The molecule has 0 aliphatic heterocycles. The van der Waals surface area contributed by atoms with Gasteiger partial charge in [-0.2, -0.15) is 0 Å². The third kappa shape index (κ3) is 4.69. The normalized spacial score (nSPS) is 10.1. The van der Waals surface area contributed by atoms with Crippen LogP contribution in [0.5, 0.6) is 5.75 Å². The maximum atomic E-state index is 12.0. The lowest BCUT2D eigenvalue weighted by Crippen LogP contribution is -2.30. The van der Waals surface area contributed by atoms with Crippen LogP contribution in [-0.2, 0) is 6.42 Å². The van der Waals surface area contributed by atoms with Crippen molar-refractivity contribution in [2.75, 3.05) is 19.0 Å². The first-order valence-corrected chi connectivity index (χ1v) is 7.91. The van der Waals surface area contributed by atoms with Gasteiger partial charge in [0.15, 0.2) is 0 Å². The molecular weight excluding hydrogens is 378 g/mol. The van der Waals surface area contributed by atoms with Gasteiger partial charge in [0.2, 0.25) is 0 Å². The number of amides is 2. The first kappa shape index (κ1) is 17.7. The van der Waals surface area contributed by atoms with E-state index in [1.54, 1.807) is 0 Å². The molecule has 0 saturated carbocycles. The summed E-state index contributed by atoms with van der Waals surface area (Å²) in [6, 6.07) is 11.3. The zero-order valence-electron chi connectivity index (χ0n) is 12.9. The van der Waals surface area contributed by atoms with Crippen LogP contribution in [-0.4, -0.2) is 24.6 Å². The summed E-state index contributed by atoms with van der Waals surface area (Å²) in [7, 11) is 1.43. The molecule has 0 radical (unpaired) electrons. The predicted octanol–water partition coefficient (Wildman–Crippen LogP) is 3.73. The molecule has 0 bridgehead atoms. The summed E-state index contributed by atoms with van der Waals surface area (Å²) in [5, 5.41) is 16.1. The number of urea groups is 1. The van der Waals surface area contributed by atoms with Crippen LogP contribution in [0.15, 0.2) is 46.9 Å². The Labute approximate surface area is 147 Å². The highest BCUT2D eigenvalue weighted by Gasteiger charge is 2.13. The molecule has 2 aromatic carbocycles. The van der Waals surface area contributed by atoms with Crippen LogP contribution in [0.25, 0.3) is 0 Å². The van der Waals surface area contributed by atoms with Gasteiger partial charge in [-0.15, -0.1) is 0 Å². The van der Waals surface area contributed by atoms with Crippen molar-refractivity contribution >= 4 is 33.3 Å². The first-order valence-electron chi connectivity index (χ1n) is 7.12. The van der Waals surface area contributed by atoms with Gasteiger partial charge in [-0.1, -0.05) is 34.1 Å². The second-order valence-electron chi connectivity index (χ2n) is 4.86. The molecule has 2 aromatic rings. The minimum Gasteiger partial charge on any atom is -0.495 e. The van der Waals surface area contributed by atoms with Gasteiger partial charge in [0.1, 0.15) is 5.75 Å². The topological polar surface area (TPSA) is 93.5 Å². The van der Waals surface area contributed by atoms with Crippen molar-refractivity contribution in [3.8, 4) is 5.75 Å². The molecular formula is C16H16BrN3O4. The van der Waals surface area contributed by atoms with Crippen molar-refractivity contribution < 1.29 is 14.5 Å². The highest BCUT2D eigenvalue weighted by Crippen LogP contribution is 2.28. The SMILES string of the molecule is COc1ccc([N+](=O)[O-])cc1NC(=O)NCCc1ccccc1Br. The van der Waals surface area contributed by atoms with Gasteiger partial charge in [0.25, 0.3) is 5.69 Å². The van der Waals surface area contributed by atoms with Gasteiger partial charge in [0, 0.05) is 23.2 Å². The molecule has 0 unspecified atom stereocenters. The van der Waals surface area contributed by atoms with E-state index in [1.165, 1.54) is 25.3 Å². The molecule has 0 aromatic heterocycles. The predicted molar refractivity (Wildman–Crippen MR) is 94.5 cm³/mol. The zero-order chi connectivity index (χ0) is 17.5. The molecule has 0 aliphatic carbocycles. The fourth-order valence-electron chi connectivity index (χ4n) is 2.09. The maximum Gasteiger partial charge on any atom is 0.319 e.